The van der Waals surface area contributed by atoms with E-state index in [0.717, 1.165) is 29.5 Å². The molecule has 0 unspecified atom stereocenters. The molecule has 1 aliphatic carbocycles. The monoisotopic (exact) mass is 177 g/mol. The Hall–Kier alpha value is -1.18. The number of benzene rings is 1. The van der Waals surface area contributed by atoms with E-state index in [-0.39, 0.29) is 0 Å². The van der Waals surface area contributed by atoms with Crippen LogP contribution in [0, 0.1) is 12.8 Å². The fraction of sp³-hybridized carbons (Fsp3) is 0.455. The van der Waals surface area contributed by atoms with Crippen molar-refractivity contribution >= 4 is 5.69 Å². The van der Waals surface area contributed by atoms with Crippen LogP contribution in [0.4, 0.5) is 5.69 Å². The van der Waals surface area contributed by atoms with Crippen LogP contribution in [0.1, 0.15) is 18.4 Å². The second kappa shape index (κ2) is 3.29. The van der Waals surface area contributed by atoms with Crippen molar-refractivity contribution in [2.24, 2.45) is 5.92 Å². The van der Waals surface area contributed by atoms with Gasteiger partial charge in [-0.2, -0.15) is 0 Å². The highest BCUT2D eigenvalue weighted by Gasteiger charge is 2.22. The number of para-hydroxylation sites is 1. The first kappa shape index (κ1) is 8.42. The minimum Gasteiger partial charge on any atom is -0.491 e. The summed E-state index contributed by atoms with van der Waals surface area (Å²) in [6, 6.07) is 5.91. The molecule has 2 rings (SSSR count). The van der Waals surface area contributed by atoms with Crippen LogP contribution in [0.25, 0.3) is 0 Å². The van der Waals surface area contributed by atoms with E-state index in [1.54, 1.807) is 0 Å². The zero-order chi connectivity index (χ0) is 9.26. The maximum absolute atomic E-state index is 5.86. The average Bonchev–Trinajstić information content (AvgIpc) is 2.91. The summed E-state index contributed by atoms with van der Waals surface area (Å²) in [5.41, 5.74) is 7.74. The summed E-state index contributed by atoms with van der Waals surface area (Å²) in [4.78, 5) is 0. The van der Waals surface area contributed by atoms with Gasteiger partial charge in [0, 0.05) is 0 Å². The van der Waals surface area contributed by atoms with E-state index in [1.807, 2.05) is 25.1 Å². The molecule has 0 bridgehead atoms. The van der Waals surface area contributed by atoms with E-state index < -0.39 is 0 Å². The Morgan fingerprint density at radius 3 is 2.92 bits per heavy atom. The lowest BCUT2D eigenvalue weighted by atomic mass is 10.2. The van der Waals surface area contributed by atoms with Gasteiger partial charge in [0.2, 0.25) is 0 Å². The molecule has 0 aliphatic heterocycles. The van der Waals surface area contributed by atoms with Gasteiger partial charge in [0.15, 0.2) is 0 Å². The van der Waals surface area contributed by atoms with Crippen molar-refractivity contribution in [2.45, 2.75) is 19.8 Å². The van der Waals surface area contributed by atoms with E-state index in [4.69, 9.17) is 10.5 Å². The van der Waals surface area contributed by atoms with Gasteiger partial charge in [0.25, 0.3) is 0 Å². The summed E-state index contributed by atoms with van der Waals surface area (Å²) in [6.07, 6.45) is 2.62. The van der Waals surface area contributed by atoms with Crippen molar-refractivity contribution in [3.05, 3.63) is 23.8 Å². The van der Waals surface area contributed by atoms with E-state index in [1.165, 1.54) is 12.8 Å². The zero-order valence-electron chi connectivity index (χ0n) is 7.92. The van der Waals surface area contributed by atoms with E-state index in [9.17, 15) is 0 Å². The average molecular weight is 177 g/mol. The lowest BCUT2D eigenvalue weighted by Gasteiger charge is -2.09. The van der Waals surface area contributed by atoms with Crippen LogP contribution in [0.2, 0.25) is 0 Å². The number of rotatable bonds is 3. The molecule has 70 valence electrons. The molecule has 0 heterocycles. The van der Waals surface area contributed by atoms with E-state index in [0.29, 0.717) is 0 Å². The van der Waals surface area contributed by atoms with Crippen LogP contribution >= 0.6 is 0 Å². The molecule has 0 amide bonds. The van der Waals surface area contributed by atoms with Gasteiger partial charge >= 0.3 is 0 Å². The Bertz CT molecular complexity index is 305. The molecule has 1 saturated carbocycles. The Balaban J connectivity index is 2.05. The van der Waals surface area contributed by atoms with Crippen LogP contribution in [0.3, 0.4) is 0 Å². The third-order valence-corrected chi connectivity index (χ3v) is 2.46. The third kappa shape index (κ3) is 1.94. The van der Waals surface area contributed by atoms with Gasteiger partial charge in [0.05, 0.1) is 12.3 Å². The van der Waals surface area contributed by atoms with Gasteiger partial charge in [-0.05, 0) is 37.3 Å². The van der Waals surface area contributed by atoms with Gasteiger partial charge in [-0.1, -0.05) is 12.1 Å². The predicted molar refractivity (Wildman–Crippen MR) is 53.8 cm³/mol. The highest BCUT2D eigenvalue weighted by molar-refractivity contribution is 5.57. The molecule has 0 saturated heterocycles. The molecule has 1 fully saturated rings. The van der Waals surface area contributed by atoms with Gasteiger partial charge in [-0.25, -0.2) is 0 Å². The Labute approximate surface area is 78.7 Å². The highest BCUT2D eigenvalue weighted by Crippen LogP contribution is 2.31. The first-order valence-corrected chi connectivity index (χ1v) is 4.75. The summed E-state index contributed by atoms with van der Waals surface area (Å²) in [7, 11) is 0. The number of ether oxygens (including phenoxy) is 1. The second-order valence-electron chi connectivity index (χ2n) is 3.74. The number of nitrogens with two attached hydrogens (primary N) is 1. The minimum atomic E-state index is 0.778. The fourth-order valence-corrected chi connectivity index (χ4v) is 1.27. The molecule has 2 N–H and O–H groups in total. The Kier molecular flexibility index (Phi) is 2.13. The van der Waals surface area contributed by atoms with Gasteiger partial charge in [-0.15, -0.1) is 0 Å². The maximum atomic E-state index is 5.86. The molecular formula is C11H15NO. The molecule has 2 nitrogen and oxygen atoms in total. The SMILES string of the molecule is Cc1cccc(OCC2CC2)c1N. The van der Waals surface area contributed by atoms with Crippen molar-refractivity contribution in [3.63, 3.8) is 0 Å². The molecule has 0 spiro atoms. The highest BCUT2D eigenvalue weighted by atomic mass is 16.5. The fourth-order valence-electron chi connectivity index (χ4n) is 1.27. The maximum Gasteiger partial charge on any atom is 0.142 e. The number of aryl methyl sites for hydroxylation is 1. The second-order valence-corrected chi connectivity index (χ2v) is 3.74. The van der Waals surface area contributed by atoms with Crippen molar-refractivity contribution in [3.8, 4) is 5.75 Å². The molecule has 2 heteroatoms. The first-order valence-electron chi connectivity index (χ1n) is 4.75. The van der Waals surface area contributed by atoms with Crippen molar-refractivity contribution in [1.82, 2.24) is 0 Å². The number of hydrogen-bond donors (Lipinski definition) is 1. The molecule has 13 heavy (non-hydrogen) atoms. The van der Waals surface area contributed by atoms with Crippen molar-refractivity contribution in [1.29, 1.82) is 0 Å². The third-order valence-electron chi connectivity index (χ3n) is 2.46. The lowest BCUT2D eigenvalue weighted by Crippen LogP contribution is -2.02. The summed E-state index contributed by atoms with van der Waals surface area (Å²) in [6.45, 7) is 2.83. The topological polar surface area (TPSA) is 35.2 Å². The molecule has 1 aliphatic rings. The molecule has 1 aromatic carbocycles. The number of anilines is 1. The van der Waals surface area contributed by atoms with Crippen molar-refractivity contribution in [2.75, 3.05) is 12.3 Å². The summed E-state index contributed by atoms with van der Waals surface area (Å²) < 4.78 is 5.62. The van der Waals surface area contributed by atoms with Crippen LogP contribution in [-0.4, -0.2) is 6.61 Å². The Morgan fingerprint density at radius 1 is 1.46 bits per heavy atom. The van der Waals surface area contributed by atoms with Gasteiger partial charge < -0.3 is 10.5 Å². The number of hydrogen-bond acceptors (Lipinski definition) is 2. The number of nitrogen functional groups attached to an aromatic ring is 1. The quantitative estimate of drug-likeness (QED) is 0.719. The zero-order valence-corrected chi connectivity index (χ0v) is 7.92. The standard InChI is InChI=1S/C11H15NO/c1-8-3-2-4-10(11(8)12)13-7-9-5-6-9/h2-4,9H,5-7,12H2,1H3. The van der Waals surface area contributed by atoms with Crippen LogP contribution in [-0.2, 0) is 0 Å². The summed E-state index contributed by atoms with van der Waals surface area (Å²) >= 11 is 0. The van der Waals surface area contributed by atoms with Crippen LogP contribution in [0.15, 0.2) is 18.2 Å². The van der Waals surface area contributed by atoms with E-state index >= 15 is 0 Å². The largest absolute Gasteiger partial charge is 0.491 e. The van der Waals surface area contributed by atoms with Crippen LogP contribution < -0.4 is 10.5 Å². The molecular weight excluding hydrogens is 162 g/mol. The van der Waals surface area contributed by atoms with Gasteiger partial charge in [-0.3, -0.25) is 0 Å². The van der Waals surface area contributed by atoms with Crippen molar-refractivity contribution < 1.29 is 4.74 Å². The van der Waals surface area contributed by atoms with Gasteiger partial charge in [0.1, 0.15) is 5.75 Å². The first-order chi connectivity index (χ1) is 6.27. The molecule has 0 atom stereocenters. The smallest absolute Gasteiger partial charge is 0.142 e. The molecule has 0 radical (unpaired) electrons. The van der Waals surface area contributed by atoms with Crippen LogP contribution in [0.5, 0.6) is 5.75 Å². The normalized spacial score (nSPS) is 15.8. The van der Waals surface area contributed by atoms with E-state index in [2.05, 4.69) is 0 Å². The summed E-state index contributed by atoms with van der Waals surface area (Å²) in [5, 5.41) is 0. The molecule has 1 aromatic rings. The lowest BCUT2D eigenvalue weighted by molar-refractivity contribution is 0.301. The predicted octanol–water partition coefficient (Wildman–Crippen LogP) is 2.37. The summed E-state index contributed by atoms with van der Waals surface area (Å²) in [5.74, 6) is 1.62. The molecule has 0 aromatic heterocycles. The Morgan fingerprint density at radius 2 is 2.23 bits per heavy atom. The minimum absolute atomic E-state index is 0.778.